The number of aliphatic hydroxyl groups excluding tert-OH is 1. The number of alkyl halides is 3. The lowest BCUT2D eigenvalue weighted by molar-refractivity contribution is 0.180. The van der Waals surface area contributed by atoms with Crippen LogP contribution in [0.3, 0.4) is 0 Å². The van der Waals surface area contributed by atoms with Crippen molar-refractivity contribution >= 4 is 40.8 Å². The molecule has 3 N–H and O–H groups in total. The van der Waals surface area contributed by atoms with Crippen molar-refractivity contribution in [3.63, 3.8) is 0 Å². The molecule has 0 saturated carbocycles. The minimum Gasteiger partial charge on any atom is -0.384 e. The van der Waals surface area contributed by atoms with Gasteiger partial charge < -0.3 is 10.4 Å². The first-order chi connectivity index (χ1) is 7.36. The van der Waals surface area contributed by atoms with Crippen LogP contribution in [0.5, 0.6) is 0 Å². The summed E-state index contributed by atoms with van der Waals surface area (Å²) in [4.78, 5) is 17.8. The van der Waals surface area contributed by atoms with Crippen LogP contribution in [-0.2, 0) is 0 Å². The zero-order valence-electron chi connectivity index (χ0n) is 8.30. The number of hydrogen-bond acceptors (Lipinski definition) is 4. The van der Waals surface area contributed by atoms with E-state index in [1.54, 1.807) is 0 Å². The summed E-state index contributed by atoms with van der Waals surface area (Å²) in [6, 6.07) is 0. The van der Waals surface area contributed by atoms with Crippen molar-refractivity contribution in [1.29, 1.82) is 0 Å². The first kappa shape index (κ1) is 13.6. The fraction of sp³-hybridized carbons (Fsp3) is 0.500. The maximum absolute atomic E-state index is 11.5. The van der Waals surface area contributed by atoms with Gasteiger partial charge in [-0.3, -0.25) is 9.78 Å². The second kappa shape index (κ2) is 5.23. The summed E-state index contributed by atoms with van der Waals surface area (Å²) in [6.45, 7) is 2.46. The lowest BCUT2D eigenvalue weighted by Crippen LogP contribution is -2.26. The summed E-state index contributed by atoms with van der Waals surface area (Å²) in [6.07, 6.45) is -0.354. The predicted octanol–water partition coefficient (Wildman–Crippen LogP) is 1.61. The molecule has 8 heteroatoms. The van der Waals surface area contributed by atoms with Crippen molar-refractivity contribution in [3.05, 3.63) is 22.1 Å². The minimum atomic E-state index is -1.96. The second-order valence-electron chi connectivity index (χ2n) is 2.99. The third kappa shape index (κ3) is 3.25. The van der Waals surface area contributed by atoms with Crippen LogP contribution >= 0.6 is 34.8 Å². The van der Waals surface area contributed by atoms with Gasteiger partial charge in [-0.25, -0.2) is 4.98 Å². The number of aromatic nitrogens is 2. The molecule has 0 aromatic carbocycles. The lowest BCUT2D eigenvalue weighted by Gasteiger charge is -2.18. The van der Waals surface area contributed by atoms with Gasteiger partial charge in [0.2, 0.25) is 9.74 Å². The predicted molar refractivity (Wildman–Crippen MR) is 64.3 cm³/mol. The van der Waals surface area contributed by atoms with E-state index in [0.717, 1.165) is 0 Å². The average molecular weight is 287 g/mol. The van der Waals surface area contributed by atoms with Gasteiger partial charge in [-0.15, -0.1) is 0 Å². The lowest BCUT2D eigenvalue weighted by atomic mass is 10.2. The molecule has 0 fully saturated rings. The maximum atomic E-state index is 11.5. The summed E-state index contributed by atoms with van der Waals surface area (Å²) in [5, 5.41) is 12.4. The van der Waals surface area contributed by atoms with Crippen LogP contribution in [0.25, 0.3) is 0 Å². The highest BCUT2D eigenvalue weighted by atomic mass is 35.6. The van der Waals surface area contributed by atoms with Gasteiger partial charge in [-0.2, -0.15) is 0 Å². The summed E-state index contributed by atoms with van der Waals surface area (Å²) >= 11 is 16.4. The Morgan fingerprint density at radius 1 is 1.62 bits per heavy atom. The zero-order chi connectivity index (χ0) is 12.3. The van der Waals surface area contributed by atoms with Gasteiger partial charge in [0.25, 0.3) is 5.56 Å². The molecule has 0 radical (unpaired) electrons. The summed E-state index contributed by atoms with van der Waals surface area (Å²) < 4.78 is -1.96. The van der Waals surface area contributed by atoms with Crippen LogP contribution in [0.2, 0.25) is 0 Å². The first-order valence-electron chi connectivity index (χ1n) is 4.44. The van der Waals surface area contributed by atoms with E-state index in [-0.39, 0.29) is 5.56 Å². The largest absolute Gasteiger partial charge is 0.384 e. The smallest absolute Gasteiger partial charge is 0.258 e. The van der Waals surface area contributed by atoms with Crippen molar-refractivity contribution in [3.8, 4) is 0 Å². The topological polar surface area (TPSA) is 78.0 Å². The molecular formula is C8H10Cl3N3O2. The van der Waals surface area contributed by atoms with E-state index in [1.807, 2.05) is 6.92 Å². The van der Waals surface area contributed by atoms with Gasteiger partial charge >= 0.3 is 0 Å². The number of H-pyrrole nitrogens is 1. The van der Waals surface area contributed by atoms with E-state index in [4.69, 9.17) is 34.8 Å². The number of aromatic amines is 1. The van der Waals surface area contributed by atoms with Gasteiger partial charge in [-0.1, -0.05) is 34.8 Å². The van der Waals surface area contributed by atoms with Gasteiger partial charge in [0.15, 0.2) is 0 Å². The van der Waals surface area contributed by atoms with Crippen molar-refractivity contribution < 1.29 is 5.11 Å². The molecule has 0 aliphatic heterocycles. The molecule has 0 saturated heterocycles. The fourth-order valence-electron chi connectivity index (χ4n) is 1.03. The molecule has 1 rings (SSSR count). The number of rotatable bonds is 3. The van der Waals surface area contributed by atoms with Gasteiger partial charge in [-0.05, 0) is 6.92 Å². The Labute approximate surface area is 107 Å². The number of hydrogen-bond donors (Lipinski definition) is 3. The Hall–Kier alpha value is -0.490. The molecule has 0 spiro atoms. The molecule has 1 aromatic rings. The average Bonchev–Trinajstić information content (AvgIpc) is 2.16. The first-order valence-corrected chi connectivity index (χ1v) is 5.57. The highest BCUT2D eigenvalue weighted by Crippen LogP contribution is 2.38. The Morgan fingerprint density at radius 3 is 2.69 bits per heavy atom. The molecule has 0 bridgehead atoms. The quantitative estimate of drug-likeness (QED) is 0.738. The van der Waals surface area contributed by atoms with Crippen molar-refractivity contribution in [2.75, 3.05) is 11.9 Å². The SMILES string of the molecule is CCNc1ncc(C(O)C(Cl)(Cl)Cl)c(=O)[nH]1. The molecule has 1 atom stereocenters. The minimum absolute atomic E-state index is 0.0957. The van der Waals surface area contributed by atoms with Gasteiger partial charge in [0.1, 0.15) is 6.10 Å². The van der Waals surface area contributed by atoms with Crippen LogP contribution in [0.15, 0.2) is 11.0 Å². The molecule has 90 valence electrons. The molecule has 1 unspecified atom stereocenters. The number of anilines is 1. The van der Waals surface area contributed by atoms with Gasteiger partial charge in [0, 0.05) is 12.7 Å². The Morgan fingerprint density at radius 2 is 2.25 bits per heavy atom. The standard InChI is InChI=1S/C8H10Cl3N3O2/c1-2-12-7-13-3-4(6(16)14-7)5(15)8(9,10)11/h3,5,15H,2H2,1H3,(H2,12,13,14,16). The van der Waals surface area contributed by atoms with E-state index in [2.05, 4.69) is 15.3 Å². The third-order valence-corrected chi connectivity index (χ3v) is 2.40. The number of halogens is 3. The van der Waals surface area contributed by atoms with E-state index in [9.17, 15) is 9.90 Å². The second-order valence-corrected chi connectivity index (χ2v) is 5.36. The molecule has 0 amide bonds. The normalized spacial score (nSPS) is 13.6. The number of nitrogens with zero attached hydrogens (tertiary/aromatic N) is 1. The van der Waals surface area contributed by atoms with E-state index >= 15 is 0 Å². The Kier molecular flexibility index (Phi) is 4.43. The number of aliphatic hydroxyl groups is 1. The summed E-state index contributed by atoms with van der Waals surface area (Å²) in [5.41, 5.74) is -0.647. The zero-order valence-corrected chi connectivity index (χ0v) is 10.6. The molecular weight excluding hydrogens is 276 g/mol. The van der Waals surface area contributed by atoms with Crippen molar-refractivity contribution in [2.45, 2.75) is 16.8 Å². The van der Waals surface area contributed by atoms with Crippen LogP contribution < -0.4 is 10.9 Å². The van der Waals surface area contributed by atoms with Crippen LogP contribution in [0, 0.1) is 0 Å². The Balaban J connectivity index is 3.04. The van der Waals surface area contributed by atoms with E-state index in [0.29, 0.717) is 12.5 Å². The van der Waals surface area contributed by atoms with Crippen LogP contribution in [0.1, 0.15) is 18.6 Å². The molecule has 0 aliphatic carbocycles. The van der Waals surface area contributed by atoms with E-state index in [1.165, 1.54) is 6.20 Å². The summed E-state index contributed by atoms with van der Waals surface area (Å²) in [5.74, 6) is 0.299. The molecule has 1 heterocycles. The van der Waals surface area contributed by atoms with Crippen molar-refractivity contribution in [1.82, 2.24) is 9.97 Å². The molecule has 1 aromatic heterocycles. The Bertz CT molecular complexity index is 416. The molecule has 16 heavy (non-hydrogen) atoms. The van der Waals surface area contributed by atoms with E-state index < -0.39 is 15.5 Å². The van der Waals surface area contributed by atoms with Crippen molar-refractivity contribution in [2.24, 2.45) is 0 Å². The fourth-order valence-corrected chi connectivity index (χ4v) is 1.39. The van der Waals surface area contributed by atoms with Crippen LogP contribution in [0.4, 0.5) is 5.95 Å². The molecule has 5 nitrogen and oxygen atoms in total. The van der Waals surface area contributed by atoms with Gasteiger partial charge in [0.05, 0.1) is 5.56 Å². The highest BCUT2D eigenvalue weighted by molar-refractivity contribution is 6.67. The van der Waals surface area contributed by atoms with Crippen LogP contribution in [-0.4, -0.2) is 25.4 Å². The maximum Gasteiger partial charge on any atom is 0.258 e. The number of nitrogens with one attached hydrogen (secondary N) is 2. The third-order valence-electron chi connectivity index (χ3n) is 1.78. The summed E-state index contributed by atoms with van der Waals surface area (Å²) in [7, 11) is 0. The molecule has 0 aliphatic rings. The monoisotopic (exact) mass is 285 g/mol. The highest BCUT2D eigenvalue weighted by Gasteiger charge is 2.34.